The van der Waals surface area contributed by atoms with Crippen molar-refractivity contribution >= 4 is 5.57 Å². The summed E-state index contributed by atoms with van der Waals surface area (Å²) >= 11 is 0. The van der Waals surface area contributed by atoms with Crippen molar-refractivity contribution in [3.63, 3.8) is 0 Å². The van der Waals surface area contributed by atoms with Gasteiger partial charge in [0.05, 0.1) is 12.8 Å². The van der Waals surface area contributed by atoms with Crippen LogP contribution in [0.25, 0.3) is 5.57 Å². The summed E-state index contributed by atoms with van der Waals surface area (Å²) in [6.07, 6.45) is 8.41. The van der Waals surface area contributed by atoms with Gasteiger partial charge < -0.3 is 13.9 Å². The summed E-state index contributed by atoms with van der Waals surface area (Å²) in [6, 6.07) is 0. The first-order valence-corrected chi connectivity index (χ1v) is 5.65. The Labute approximate surface area is 95.3 Å². The summed E-state index contributed by atoms with van der Waals surface area (Å²) < 4.78 is 16.2. The first-order valence-electron chi connectivity index (χ1n) is 5.65. The van der Waals surface area contributed by atoms with E-state index in [0.717, 1.165) is 30.8 Å². The summed E-state index contributed by atoms with van der Waals surface area (Å²) in [5.41, 5.74) is 1.04. The molecule has 1 saturated heterocycles. The van der Waals surface area contributed by atoms with Gasteiger partial charge in [0.15, 0.2) is 12.7 Å². The molecule has 2 rings (SSSR count). The Kier molecular flexibility index (Phi) is 4.13. The number of hydrogen-bond acceptors (Lipinski definition) is 4. The topological polar surface area (TPSA) is 44.5 Å². The molecule has 4 nitrogen and oxygen atoms in total. The van der Waals surface area contributed by atoms with Gasteiger partial charge in [0.25, 0.3) is 0 Å². The molecule has 1 fully saturated rings. The van der Waals surface area contributed by atoms with E-state index < -0.39 is 0 Å². The van der Waals surface area contributed by atoms with E-state index in [2.05, 4.69) is 4.98 Å². The molecule has 0 aromatic carbocycles. The predicted molar refractivity (Wildman–Crippen MR) is 59.7 cm³/mol. The van der Waals surface area contributed by atoms with Crippen molar-refractivity contribution in [1.29, 1.82) is 0 Å². The standard InChI is InChI=1S/C12H17NO3/c1-10(11-8-13-9-16-11)5-7-15-12-4-2-3-6-14-12/h5,8-9,12H,2-4,6-7H2,1H3/b10-5-. The highest BCUT2D eigenvalue weighted by atomic mass is 16.7. The lowest BCUT2D eigenvalue weighted by Gasteiger charge is -2.22. The van der Waals surface area contributed by atoms with Crippen molar-refractivity contribution in [2.24, 2.45) is 0 Å². The molecule has 0 bridgehead atoms. The molecule has 0 N–H and O–H groups in total. The molecule has 0 spiro atoms. The van der Waals surface area contributed by atoms with Crippen molar-refractivity contribution in [1.82, 2.24) is 4.98 Å². The Morgan fingerprint density at radius 3 is 3.25 bits per heavy atom. The van der Waals surface area contributed by atoms with E-state index >= 15 is 0 Å². The molecule has 0 aliphatic carbocycles. The van der Waals surface area contributed by atoms with Crippen LogP contribution in [0.4, 0.5) is 0 Å². The first kappa shape index (κ1) is 11.4. The van der Waals surface area contributed by atoms with E-state index in [1.165, 1.54) is 12.8 Å². The quantitative estimate of drug-likeness (QED) is 0.787. The van der Waals surface area contributed by atoms with Gasteiger partial charge in [-0.3, -0.25) is 0 Å². The van der Waals surface area contributed by atoms with Crippen molar-refractivity contribution in [2.45, 2.75) is 32.5 Å². The molecule has 1 atom stereocenters. The molecule has 1 aliphatic rings. The van der Waals surface area contributed by atoms with Gasteiger partial charge in [-0.05, 0) is 31.8 Å². The lowest BCUT2D eigenvalue weighted by atomic mass is 10.2. The number of oxazole rings is 1. The van der Waals surface area contributed by atoms with Crippen LogP contribution in [0.2, 0.25) is 0 Å². The maximum Gasteiger partial charge on any atom is 0.181 e. The van der Waals surface area contributed by atoms with E-state index in [4.69, 9.17) is 13.9 Å². The average molecular weight is 223 g/mol. The predicted octanol–water partition coefficient (Wildman–Crippen LogP) is 2.62. The van der Waals surface area contributed by atoms with Gasteiger partial charge in [0, 0.05) is 6.61 Å². The Balaban J connectivity index is 1.76. The van der Waals surface area contributed by atoms with E-state index in [1.807, 2.05) is 13.0 Å². The van der Waals surface area contributed by atoms with Crippen LogP contribution in [0.5, 0.6) is 0 Å². The number of rotatable bonds is 4. The summed E-state index contributed by atoms with van der Waals surface area (Å²) in [7, 11) is 0. The van der Waals surface area contributed by atoms with Crippen LogP contribution in [0.1, 0.15) is 31.9 Å². The summed E-state index contributed by atoms with van der Waals surface area (Å²) in [4.78, 5) is 3.87. The maximum absolute atomic E-state index is 5.59. The number of ether oxygens (including phenoxy) is 2. The van der Waals surface area contributed by atoms with Crippen LogP contribution in [-0.4, -0.2) is 24.5 Å². The van der Waals surface area contributed by atoms with Crippen LogP contribution < -0.4 is 0 Å². The second-order valence-corrected chi connectivity index (χ2v) is 3.88. The molecule has 0 saturated carbocycles. The SMILES string of the molecule is C/C(=C/COC1CCCCO1)c1cnco1. The number of allylic oxidation sites excluding steroid dienone is 1. The molecule has 0 radical (unpaired) electrons. The first-order chi connectivity index (χ1) is 7.86. The Hall–Kier alpha value is -1.13. The van der Waals surface area contributed by atoms with Crippen LogP contribution in [0.3, 0.4) is 0 Å². The van der Waals surface area contributed by atoms with Gasteiger partial charge in [-0.15, -0.1) is 0 Å². The van der Waals surface area contributed by atoms with Crippen molar-refractivity contribution in [3.8, 4) is 0 Å². The van der Waals surface area contributed by atoms with E-state index in [9.17, 15) is 0 Å². The van der Waals surface area contributed by atoms with Crippen molar-refractivity contribution < 1.29 is 13.9 Å². The maximum atomic E-state index is 5.59. The molecular formula is C12H17NO3. The van der Waals surface area contributed by atoms with Crippen LogP contribution in [0, 0.1) is 0 Å². The summed E-state index contributed by atoms with van der Waals surface area (Å²) in [5, 5.41) is 0. The average Bonchev–Trinajstić information content (AvgIpc) is 2.84. The molecule has 16 heavy (non-hydrogen) atoms. The fraction of sp³-hybridized carbons (Fsp3) is 0.583. The van der Waals surface area contributed by atoms with Gasteiger partial charge in [-0.2, -0.15) is 0 Å². The highest BCUT2D eigenvalue weighted by Crippen LogP contribution is 2.15. The monoisotopic (exact) mass is 223 g/mol. The lowest BCUT2D eigenvalue weighted by molar-refractivity contribution is -0.155. The van der Waals surface area contributed by atoms with Crippen LogP contribution in [-0.2, 0) is 9.47 Å². The zero-order valence-electron chi connectivity index (χ0n) is 9.52. The largest absolute Gasteiger partial charge is 0.444 e. The number of aromatic nitrogens is 1. The summed E-state index contributed by atoms with van der Waals surface area (Å²) in [5.74, 6) is 0.785. The minimum atomic E-state index is -0.0347. The Morgan fingerprint density at radius 2 is 2.56 bits per heavy atom. The zero-order valence-corrected chi connectivity index (χ0v) is 9.52. The van der Waals surface area contributed by atoms with Gasteiger partial charge in [0.1, 0.15) is 5.76 Å². The van der Waals surface area contributed by atoms with Gasteiger partial charge >= 0.3 is 0 Å². The smallest absolute Gasteiger partial charge is 0.181 e. The van der Waals surface area contributed by atoms with Crippen LogP contribution >= 0.6 is 0 Å². The van der Waals surface area contributed by atoms with E-state index in [-0.39, 0.29) is 6.29 Å². The molecule has 0 amide bonds. The number of nitrogens with zero attached hydrogens (tertiary/aromatic N) is 1. The zero-order chi connectivity index (χ0) is 11.2. The van der Waals surface area contributed by atoms with Crippen LogP contribution in [0.15, 0.2) is 23.1 Å². The lowest BCUT2D eigenvalue weighted by Crippen LogP contribution is -2.22. The van der Waals surface area contributed by atoms with Gasteiger partial charge in [-0.25, -0.2) is 4.98 Å². The Bertz CT molecular complexity index is 326. The molecule has 1 aromatic rings. The highest BCUT2D eigenvalue weighted by molar-refractivity contribution is 5.57. The summed E-state index contributed by atoms with van der Waals surface area (Å²) in [6.45, 7) is 3.35. The van der Waals surface area contributed by atoms with E-state index in [0.29, 0.717) is 6.61 Å². The molecular weight excluding hydrogens is 206 g/mol. The normalized spacial score (nSPS) is 22.3. The minimum Gasteiger partial charge on any atom is -0.444 e. The fourth-order valence-corrected chi connectivity index (χ4v) is 1.63. The van der Waals surface area contributed by atoms with Gasteiger partial charge in [0.2, 0.25) is 0 Å². The molecule has 1 aliphatic heterocycles. The van der Waals surface area contributed by atoms with Crippen molar-refractivity contribution in [2.75, 3.05) is 13.2 Å². The van der Waals surface area contributed by atoms with Gasteiger partial charge in [-0.1, -0.05) is 6.08 Å². The third-order valence-electron chi connectivity index (χ3n) is 2.63. The third kappa shape index (κ3) is 3.18. The number of hydrogen-bond donors (Lipinski definition) is 0. The Morgan fingerprint density at radius 1 is 1.62 bits per heavy atom. The second-order valence-electron chi connectivity index (χ2n) is 3.88. The molecule has 2 heterocycles. The van der Waals surface area contributed by atoms with Crippen molar-refractivity contribution in [3.05, 3.63) is 24.4 Å². The third-order valence-corrected chi connectivity index (χ3v) is 2.63. The molecule has 1 aromatic heterocycles. The fourth-order valence-electron chi connectivity index (χ4n) is 1.63. The van der Waals surface area contributed by atoms with E-state index in [1.54, 1.807) is 6.20 Å². The molecule has 4 heteroatoms. The highest BCUT2D eigenvalue weighted by Gasteiger charge is 2.13. The second kappa shape index (κ2) is 5.82. The molecule has 88 valence electrons. The molecule has 1 unspecified atom stereocenters. The minimum absolute atomic E-state index is 0.0347.